The molecule has 0 heterocycles. The third-order valence-electron chi connectivity index (χ3n) is 4.21. The van der Waals surface area contributed by atoms with Gasteiger partial charge in [0.15, 0.2) is 11.5 Å². The van der Waals surface area contributed by atoms with Crippen LogP contribution in [-0.4, -0.2) is 27.9 Å². The first-order chi connectivity index (χ1) is 9.22. The highest BCUT2D eigenvalue weighted by atomic mass is 16.5. The molecule has 0 saturated heterocycles. The molecule has 1 saturated carbocycles. The molecule has 1 aliphatic rings. The topological polar surface area (TPSA) is 53.7 Å². The summed E-state index contributed by atoms with van der Waals surface area (Å²) in [5.74, 6) is 2.33. The molecule has 0 aliphatic heterocycles. The van der Waals surface area contributed by atoms with Crippen LogP contribution < -0.4 is 19.9 Å². The van der Waals surface area contributed by atoms with E-state index in [1.54, 1.807) is 21.3 Å². The molecule has 0 bridgehead atoms. The summed E-state index contributed by atoms with van der Waals surface area (Å²) in [6, 6.07) is 3.81. The van der Waals surface area contributed by atoms with Crippen molar-refractivity contribution >= 4 is 0 Å². The van der Waals surface area contributed by atoms with Crippen molar-refractivity contribution < 1.29 is 14.2 Å². The number of rotatable bonds is 5. The van der Waals surface area contributed by atoms with Crippen molar-refractivity contribution in [1.82, 2.24) is 0 Å². The summed E-state index contributed by atoms with van der Waals surface area (Å²) in [4.78, 5) is 0. The Balaban J connectivity index is 2.64. The summed E-state index contributed by atoms with van der Waals surface area (Å²) in [6.07, 6.45) is 4.54. The van der Waals surface area contributed by atoms with Gasteiger partial charge in [-0.1, -0.05) is 12.8 Å². The Morgan fingerprint density at radius 1 is 1.00 bits per heavy atom. The van der Waals surface area contributed by atoms with Crippen molar-refractivity contribution in [3.63, 3.8) is 0 Å². The molecule has 0 spiro atoms. The Kier molecular flexibility index (Phi) is 4.20. The molecule has 0 amide bonds. The molecule has 4 nitrogen and oxygen atoms in total. The fraction of sp³-hybridized carbons (Fsp3) is 0.600. The minimum absolute atomic E-state index is 0.0504. The van der Waals surface area contributed by atoms with Gasteiger partial charge in [0.05, 0.1) is 21.3 Å². The predicted molar refractivity (Wildman–Crippen MR) is 75.3 cm³/mol. The van der Waals surface area contributed by atoms with Gasteiger partial charge in [-0.3, -0.25) is 0 Å². The Hall–Kier alpha value is -1.42. The SMILES string of the molecule is COc1ccc(OC)c(C2(CN)CCCC2)c1OC. The normalized spacial score (nSPS) is 17.3. The van der Waals surface area contributed by atoms with Crippen LogP contribution in [-0.2, 0) is 5.41 Å². The number of ether oxygens (including phenoxy) is 3. The second-order valence-electron chi connectivity index (χ2n) is 5.07. The fourth-order valence-electron chi connectivity index (χ4n) is 3.19. The van der Waals surface area contributed by atoms with Gasteiger partial charge in [0.25, 0.3) is 0 Å². The molecule has 1 aromatic rings. The summed E-state index contributed by atoms with van der Waals surface area (Å²) in [5, 5.41) is 0. The zero-order valence-corrected chi connectivity index (χ0v) is 12.0. The van der Waals surface area contributed by atoms with Crippen LogP contribution in [0, 0.1) is 0 Å². The first-order valence-electron chi connectivity index (χ1n) is 6.72. The van der Waals surface area contributed by atoms with E-state index in [-0.39, 0.29) is 5.41 Å². The van der Waals surface area contributed by atoms with Crippen LogP contribution in [0.5, 0.6) is 17.2 Å². The minimum Gasteiger partial charge on any atom is -0.496 e. The quantitative estimate of drug-likeness (QED) is 0.888. The van der Waals surface area contributed by atoms with E-state index in [9.17, 15) is 0 Å². The van der Waals surface area contributed by atoms with E-state index >= 15 is 0 Å². The molecule has 0 radical (unpaired) electrons. The number of hydrogen-bond acceptors (Lipinski definition) is 4. The largest absolute Gasteiger partial charge is 0.496 e. The molecular formula is C15H23NO3. The van der Waals surface area contributed by atoms with Gasteiger partial charge in [0, 0.05) is 17.5 Å². The maximum atomic E-state index is 6.09. The van der Waals surface area contributed by atoms with E-state index < -0.39 is 0 Å². The molecule has 0 atom stereocenters. The van der Waals surface area contributed by atoms with Crippen LogP contribution in [0.15, 0.2) is 12.1 Å². The van der Waals surface area contributed by atoms with Gasteiger partial charge < -0.3 is 19.9 Å². The lowest BCUT2D eigenvalue weighted by molar-refractivity contribution is 0.321. The second kappa shape index (κ2) is 5.70. The average Bonchev–Trinajstić information content (AvgIpc) is 2.95. The second-order valence-corrected chi connectivity index (χ2v) is 5.07. The molecule has 1 aliphatic carbocycles. The lowest BCUT2D eigenvalue weighted by Crippen LogP contribution is -2.33. The summed E-state index contributed by atoms with van der Waals surface area (Å²) in [7, 11) is 5.00. The zero-order valence-electron chi connectivity index (χ0n) is 12.0. The van der Waals surface area contributed by atoms with Crippen LogP contribution in [0.25, 0.3) is 0 Å². The molecule has 19 heavy (non-hydrogen) atoms. The molecule has 1 aromatic carbocycles. The van der Waals surface area contributed by atoms with E-state index in [4.69, 9.17) is 19.9 Å². The van der Waals surface area contributed by atoms with Gasteiger partial charge in [-0.25, -0.2) is 0 Å². The van der Waals surface area contributed by atoms with Crippen LogP contribution in [0.1, 0.15) is 31.2 Å². The highest BCUT2D eigenvalue weighted by Gasteiger charge is 2.40. The summed E-state index contributed by atoms with van der Waals surface area (Å²) >= 11 is 0. The van der Waals surface area contributed by atoms with Crippen molar-refractivity contribution in [2.45, 2.75) is 31.1 Å². The van der Waals surface area contributed by atoms with Crippen LogP contribution in [0.4, 0.5) is 0 Å². The Bertz CT molecular complexity index is 439. The van der Waals surface area contributed by atoms with Gasteiger partial charge in [-0.15, -0.1) is 0 Å². The lowest BCUT2D eigenvalue weighted by Gasteiger charge is -2.31. The Labute approximate surface area is 114 Å². The van der Waals surface area contributed by atoms with Crippen molar-refractivity contribution in [2.75, 3.05) is 27.9 Å². The third kappa shape index (κ3) is 2.25. The maximum absolute atomic E-state index is 6.09. The molecule has 2 N–H and O–H groups in total. The number of methoxy groups -OCH3 is 3. The summed E-state index contributed by atoms with van der Waals surface area (Å²) in [6.45, 7) is 0.604. The van der Waals surface area contributed by atoms with Gasteiger partial charge in [-0.05, 0) is 25.0 Å². The average molecular weight is 265 g/mol. The summed E-state index contributed by atoms with van der Waals surface area (Å²) < 4.78 is 16.5. The monoisotopic (exact) mass is 265 g/mol. The first kappa shape index (κ1) is 14.0. The van der Waals surface area contributed by atoms with Crippen molar-refractivity contribution in [3.8, 4) is 17.2 Å². The zero-order chi connectivity index (χ0) is 13.9. The van der Waals surface area contributed by atoms with Crippen LogP contribution >= 0.6 is 0 Å². The number of nitrogens with two attached hydrogens (primary N) is 1. The van der Waals surface area contributed by atoms with Crippen molar-refractivity contribution in [1.29, 1.82) is 0 Å². The van der Waals surface area contributed by atoms with E-state index in [1.807, 2.05) is 12.1 Å². The summed E-state index contributed by atoms with van der Waals surface area (Å²) in [5.41, 5.74) is 7.10. The van der Waals surface area contributed by atoms with E-state index in [0.717, 1.165) is 35.7 Å². The molecule has 1 fully saturated rings. The highest BCUT2D eigenvalue weighted by molar-refractivity contribution is 5.58. The van der Waals surface area contributed by atoms with Crippen LogP contribution in [0.2, 0.25) is 0 Å². The first-order valence-corrected chi connectivity index (χ1v) is 6.72. The van der Waals surface area contributed by atoms with Crippen molar-refractivity contribution in [2.24, 2.45) is 5.73 Å². The maximum Gasteiger partial charge on any atom is 0.168 e. The molecule has 0 aromatic heterocycles. The molecule has 4 heteroatoms. The molecule has 0 unspecified atom stereocenters. The smallest absolute Gasteiger partial charge is 0.168 e. The van der Waals surface area contributed by atoms with Gasteiger partial charge in [0.2, 0.25) is 0 Å². The van der Waals surface area contributed by atoms with Gasteiger partial charge in [0.1, 0.15) is 5.75 Å². The standard InChI is InChI=1S/C15H23NO3/c1-17-11-6-7-12(18-2)14(19-3)13(11)15(10-16)8-4-5-9-15/h6-7H,4-5,8-10,16H2,1-3H3. The van der Waals surface area contributed by atoms with E-state index in [1.165, 1.54) is 12.8 Å². The molecular weight excluding hydrogens is 242 g/mol. The van der Waals surface area contributed by atoms with E-state index in [0.29, 0.717) is 6.54 Å². The number of benzene rings is 1. The molecule has 2 rings (SSSR count). The van der Waals surface area contributed by atoms with Crippen LogP contribution in [0.3, 0.4) is 0 Å². The highest BCUT2D eigenvalue weighted by Crippen LogP contribution is 2.50. The van der Waals surface area contributed by atoms with E-state index in [2.05, 4.69) is 0 Å². The molecule has 106 valence electrons. The lowest BCUT2D eigenvalue weighted by atomic mass is 9.77. The van der Waals surface area contributed by atoms with Crippen molar-refractivity contribution in [3.05, 3.63) is 17.7 Å². The van der Waals surface area contributed by atoms with Gasteiger partial charge >= 0.3 is 0 Å². The number of hydrogen-bond donors (Lipinski definition) is 1. The minimum atomic E-state index is -0.0504. The van der Waals surface area contributed by atoms with Gasteiger partial charge in [-0.2, -0.15) is 0 Å². The third-order valence-corrected chi connectivity index (χ3v) is 4.21. The predicted octanol–water partition coefficient (Wildman–Crippen LogP) is 2.48. The Morgan fingerprint density at radius 2 is 1.58 bits per heavy atom. The fourth-order valence-corrected chi connectivity index (χ4v) is 3.19. The Morgan fingerprint density at radius 3 is 2.05 bits per heavy atom.